The van der Waals surface area contributed by atoms with Gasteiger partial charge in [0.25, 0.3) is 0 Å². The Hall–Kier alpha value is -1.67. The highest BCUT2D eigenvalue weighted by atomic mass is 16.5. The predicted octanol–water partition coefficient (Wildman–Crippen LogP) is 0.297. The molecule has 1 aromatic heterocycles. The standard InChI is InChI=1S/C12H22N6O2/c1-3-8-20-11-15-9(17-13)14-10(16-11)18-6-4-12(2,19)5-7-18/h19H,3-8,13H2,1-2H3,(H,14,15,16,17). The van der Waals surface area contributed by atoms with E-state index in [1.807, 2.05) is 18.7 Å². The maximum atomic E-state index is 9.97. The molecule has 0 bridgehead atoms. The molecule has 0 amide bonds. The minimum absolute atomic E-state index is 0.266. The Morgan fingerprint density at radius 1 is 1.35 bits per heavy atom. The number of anilines is 2. The fourth-order valence-corrected chi connectivity index (χ4v) is 2.00. The van der Waals surface area contributed by atoms with Crippen LogP contribution in [0.25, 0.3) is 0 Å². The van der Waals surface area contributed by atoms with Crippen LogP contribution in [0.1, 0.15) is 33.1 Å². The molecule has 2 heterocycles. The second-order valence-corrected chi connectivity index (χ2v) is 5.22. The maximum Gasteiger partial charge on any atom is 0.323 e. The van der Waals surface area contributed by atoms with E-state index in [0.717, 1.165) is 6.42 Å². The van der Waals surface area contributed by atoms with E-state index >= 15 is 0 Å². The lowest BCUT2D eigenvalue weighted by molar-refractivity contribution is 0.0348. The number of nitrogens with two attached hydrogens (primary N) is 1. The third kappa shape index (κ3) is 3.67. The van der Waals surface area contributed by atoms with Gasteiger partial charge in [-0.25, -0.2) is 5.84 Å². The number of aliphatic hydroxyl groups is 1. The summed E-state index contributed by atoms with van der Waals surface area (Å²) in [7, 11) is 0. The van der Waals surface area contributed by atoms with Crippen LogP contribution in [0.2, 0.25) is 0 Å². The minimum atomic E-state index is -0.611. The van der Waals surface area contributed by atoms with Crippen LogP contribution in [-0.2, 0) is 0 Å². The molecule has 1 saturated heterocycles. The van der Waals surface area contributed by atoms with Crippen molar-refractivity contribution >= 4 is 11.9 Å². The maximum absolute atomic E-state index is 9.97. The summed E-state index contributed by atoms with van der Waals surface area (Å²) in [5.74, 6) is 6.17. The van der Waals surface area contributed by atoms with Crippen molar-refractivity contribution in [3.05, 3.63) is 0 Å². The van der Waals surface area contributed by atoms with Gasteiger partial charge in [-0.3, -0.25) is 5.43 Å². The summed E-state index contributed by atoms with van der Waals surface area (Å²) in [6, 6.07) is 0.266. The zero-order valence-electron chi connectivity index (χ0n) is 12.0. The van der Waals surface area contributed by atoms with Gasteiger partial charge in [0.05, 0.1) is 12.2 Å². The van der Waals surface area contributed by atoms with Gasteiger partial charge in [0.1, 0.15) is 0 Å². The SMILES string of the molecule is CCCOc1nc(NN)nc(N2CCC(C)(O)CC2)n1. The van der Waals surface area contributed by atoms with Gasteiger partial charge < -0.3 is 14.7 Å². The average Bonchev–Trinajstić information content (AvgIpc) is 2.44. The van der Waals surface area contributed by atoms with Crippen LogP contribution in [0.3, 0.4) is 0 Å². The van der Waals surface area contributed by atoms with Crippen LogP contribution in [0.4, 0.5) is 11.9 Å². The molecule has 112 valence electrons. The van der Waals surface area contributed by atoms with Crippen molar-refractivity contribution in [2.75, 3.05) is 30.0 Å². The van der Waals surface area contributed by atoms with Crippen molar-refractivity contribution in [1.82, 2.24) is 15.0 Å². The molecule has 0 aromatic carbocycles. The Balaban J connectivity index is 2.14. The molecule has 1 fully saturated rings. The monoisotopic (exact) mass is 282 g/mol. The summed E-state index contributed by atoms with van der Waals surface area (Å²) in [5.41, 5.74) is 1.81. The molecule has 1 aliphatic heterocycles. The Morgan fingerprint density at radius 3 is 2.65 bits per heavy atom. The van der Waals surface area contributed by atoms with E-state index in [2.05, 4.69) is 20.4 Å². The van der Waals surface area contributed by atoms with Gasteiger partial charge in [-0.2, -0.15) is 15.0 Å². The molecule has 0 radical (unpaired) electrons. The highest BCUT2D eigenvalue weighted by Gasteiger charge is 2.29. The molecular weight excluding hydrogens is 260 g/mol. The lowest BCUT2D eigenvalue weighted by Gasteiger charge is -2.35. The van der Waals surface area contributed by atoms with Crippen molar-refractivity contribution in [1.29, 1.82) is 0 Å². The summed E-state index contributed by atoms with van der Waals surface area (Å²) in [5, 5.41) is 9.97. The zero-order chi connectivity index (χ0) is 14.6. The van der Waals surface area contributed by atoms with E-state index in [4.69, 9.17) is 10.6 Å². The highest BCUT2D eigenvalue weighted by Crippen LogP contribution is 2.24. The van der Waals surface area contributed by atoms with Gasteiger partial charge in [0.2, 0.25) is 11.9 Å². The first kappa shape index (κ1) is 14.7. The van der Waals surface area contributed by atoms with Crippen LogP contribution in [0.15, 0.2) is 0 Å². The van der Waals surface area contributed by atoms with E-state index in [1.165, 1.54) is 0 Å². The number of aromatic nitrogens is 3. The first-order chi connectivity index (χ1) is 9.54. The smallest absolute Gasteiger partial charge is 0.323 e. The quantitative estimate of drug-likeness (QED) is 0.522. The summed E-state index contributed by atoms with van der Waals surface area (Å²) in [6.07, 6.45) is 2.23. The van der Waals surface area contributed by atoms with E-state index < -0.39 is 5.60 Å². The molecule has 0 saturated carbocycles. The highest BCUT2D eigenvalue weighted by molar-refractivity contribution is 5.38. The van der Waals surface area contributed by atoms with Crippen LogP contribution in [-0.4, -0.2) is 45.4 Å². The van der Waals surface area contributed by atoms with Crippen LogP contribution in [0, 0.1) is 0 Å². The van der Waals surface area contributed by atoms with Crippen molar-refractivity contribution in [3.8, 4) is 6.01 Å². The predicted molar refractivity (Wildman–Crippen MR) is 75.5 cm³/mol. The molecule has 20 heavy (non-hydrogen) atoms. The lowest BCUT2D eigenvalue weighted by Crippen LogP contribution is -2.43. The van der Waals surface area contributed by atoms with Gasteiger partial charge in [0, 0.05) is 13.1 Å². The topological polar surface area (TPSA) is 109 Å². The average molecular weight is 282 g/mol. The van der Waals surface area contributed by atoms with Crippen LogP contribution in [0.5, 0.6) is 6.01 Å². The second kappa shape index (κ2) is 6.19. The Kier molecular flexibility index (Phi) is 4.56. The molecule has 0 aliphatic carbocycles. The normalized spacial score (nSPS) is 17.9. The summed E-state index contributed by atoms with van der Waals surface area (Å²) in [6.45, 7) is 5.78. The van der Waals surface area contributed by atoms with Gasteiger partial charge in [-0.05, 0) is 26.2 Å². The Morgan fingerprint density at radius 2 is 2.05 bits per heavy atom. The third-order valence-corrected chi connectivity index (χ3v) is 3.29. The molecule has 1 aliphatic rings. The van der Waals surface area contributed by atoms with Crippen LogP contribution >= 0.6 is 0 Å². The van der Waals surface area contributed by atoms with Crippen molar-refractivity contribution < 1.29 is 9.84 Å². The molecule has 8 heteroatoms. The molecule has 0 unspecified atom stereocenters. The van der Waals surface area contributed by atoms with E-state index in [0.29, 0.717) is 38.5 Å². The number of nitrogen functional groups attached to an aromatic ring is 1. The number of nitrogens with one attached hydrogen (secondary N) is 1. The summed E-state index contributed by atoms with van der Waals surface area (Å²) < 4.78 is 5.44. The fourth-order valence-electron chi connectivity index (χ4n) is 2.00. The number of hydrogen-bond acceptors (Lipinski definition) is 8. The molecule has 2 rings (SSSR count). The fraction of sp³-hybridized carbons (Fsp3) is 0.750. The first-order valence-electron chi connectivity index (χ1n) is 6.87. The molecule has 1 aromatic rings. The summed E-state index contributed by atoms with van der Waals surface area (Å²) >= 11 is 0. The molecule has 0 spiro atoms. The molecule has 8 nitrogen and oxygen atoms in total. The minimum Gasteiger partial charge on any atom is -0.463 e. The van der Waals surface area contributed by atoms with Gasteiger partial charge in [-0.1, -0.05) is 6.92 Å². The van der Waals surface area contributed by atoms with Gasteiger partial charge >= 0.3 is 6.01 Å². The zero-order valence-corrected chi connectivity index (χ0v) is 12.0. The van der Waals surface area contributed by atoms with E-state index in [-0.39, 0.29) is 12.0 Å². The molecule has 4 N–H and O–H groups in total. The number of piperidine rings is 1. The number of hydrazine groups is 1. The third-order valence-electron chi connectivity index (χ3n) is 3.29. The van der Waals surface area contributed by atoms with Crippen molar-refractivity contribution in [3.63, 3.8) is 0 Å². The van der Waals surface area contributed by atoms with Gasteiger partial charge in [0.15, 0.2) is 0 Å². The number of nitrogens with zero attached hydrogens (tertiary/aromatic N) is 4. The van der Waals surface area contributed by atoms with Crippen molar-refractivity contribution in [2.45, 2.75) is 38.7 Å². The Labute approximate surface area is 118 Å². The number of rotatable bonds is 5. The van der Waals surface area contributed by atoms with Crippen molar-refractivity contribution in [2.24, 2.45) is 5.84 Å². The van der Waals surface area contributed by atoms with Gasteiger partial charge in [-0.15, -0.1) is 0 Å². The van der Waals surface area contributed by atoms with E-state index in [1.54, 1.807) is 0 Å². The number of ether oxygens (including phenoxy) is 1. The summed E-state index contributed by atoms with van der Waals surface area (Å²) in [4.78, 5) is 14.6. The van der Waals surface area contributed by atoms with Crippen LogP contribution < -0.4 is 20.9 Å². The second-order valence-electron chi connectivity index (χ2n) is 5.22. The molecule has 0 atom stereocenters. The first-order valence-corrected chi connectivity index (χ1v) is 6.87. The van der Waals surface area contributed by atoms with E-state index in [9.17, 15) is 5.11 Å². The lowest BCUT2D eigenvalue weighted by atomic mass is 9.94. The Bertz CT molecular complexity index is 444. The largest absolute Gasteiger partial charge is 0.463 e. The molecular formula is C12H22N6O2. The number of hydrogen-bond donors (Lipinski definition) is 3.